The third kappa shape index (κ3) is 2.67. The van der Waals surface area contributed by atoms with Crippen LogP contribution in [0.1, 0.15) is 25.3 Å². The van der Waals surface area contributed by atoms with Crippen molar-refractivity contribution in [2.45, 2.75) is 26.3 Å². The first-order valence-electron chi connectivity index (χ1n) is 6.17. The van der Waals surface area contributed by atoms with E-state index in [1.165, 1.54) is 11.1 Å². The van der Waals surface area contributed by atoms with E-state index in [9.17, 15) is 0 Å². The van der Waals surface area contributed by atoms with Gasteiger partial charge in [-0.15, -0.1) is 0 Å². The lowest BCUT2D eigenvalue weighted by Gasteiger charge is -2.11. The summed E-state index contributed by atoms with van der Waals surface area (Å²) in [4.78, 5) is 6.67. The van der Waals surface area contributed by atoms with Crippen molar-refractivity contribution in [3.05, 3.63) is 30.1 Å². The third-order valence-corrected chi connectivity index (χ3v) is 3.10. The summed E-state index contributed by atoms with van der Waals surface area (Å²) in [6, 6.07) is 6.60. The van der Waals surface area contributed by atoms with Crippen LogP contribution in [0.2, 0.25) is 0 Å². The number of nitrogens with zero attached hydrogens (tertiary/aromatic N) is 3. The van der Waals surface area contributed by atoms with Gasteiger partial charge in [0, 0.05) is 13.1 Å². The lowest BCUT2D eigenvalue weighted by molar-refractivity contribution is 0.386. The molecule has 0 aliphatic carbocycles. The Hall–Kier alpha value is -1.35. The van der Waals surface area contributed by atoms with Crippen molar-refractivity contribution in [3.8, 4) is 0 Å². The minimum Gasteiger partial charge on any atom is -0.329 e. The molecule has 1 aromatic heterocycles. The Labute approximate surface area is 103 Å². The van der Waals surface area contributed by atoms with Crippen LogP contribution in [0.5, 0.6) is 0 Å². The number of aromatic nitrogens is 2. The van der Waals surface area contributed by atoms with Gasteiger partial charge in [0.2, 0.25) is 0 Å². The van der Waals surface area contributed by atoms with Crippen LogP contribution in [-0.2, 0) is 6.54 Å². The molecular weight excluding hydrogens is 210 g/mol. The van der Waals surface area contributed by atoms with E-state index in [-0.39, 0.29) is 0 Å². The smallest absolute Gasteiger partial charge is 0.0958 e. The summed E-state index contributed by atoms with van der Waals surface area (Å²) >= 11 is 0. The maximum absolute atomic E-state index is 4.48. The Balaban J connectivity index is 2.28. The first-order valence-corrected chi connectivity index (χ1v) is 6.17. The van der Waals surface area contributed by atoms with Gasteiger partial charge in [0.25, 0.3) is 0 Å². The predicted molar refractivity (Wildman–Crippen MR) is 72.4 cm³/mol. The van der Waals surface area contributed by atoms with Gasteiger partial charge in [-0.25, -0.2) is 4.98 Å². The lowest BCUT2D eigenvalue weighted by atomic mass is 10.0. The summed E-state index contributed by atoms with van der Waals surface area (Å²) in [5, 5.41) is 0. The average molecular weight is 231 g/mol. The van der Waals surface area contributed by atoms with E-state index in [1.54, 1.807) is 0 Å². The molecule has 0 saturated heterocycles. The molecule has 0 unspecified atom stereocenters. The summed E-state index contributed by atoms with van der Waals surface area (Å²) in [7, 11) is 4.19. The molecule has 0 bridgehead atoms. The summed E-state index contributed by atoms with van der Waals surface area (Å²) in [6.07, 6.45) is 1.94. The van der Waals surface area contributed by atoms with Gasteiger partial charge in [0.1, 0.15) is 0 Å². The van der Waals surface area contributed by atoms with E-state index >= 15 is 0 Å². The normalized spacial score (nSPS) is 11.9. The van der Waals surface area contributed by atoms with Crippen LogP contribution in [0.3, 0.4) is 0 Å². The van der Waals surface area contributed by atoms with E-state index in [4.69, 9.17) is 0 Å². The van der Waals surface area contributed by atoms with Crippen LogP contribution >= 0.6 is 0 Å². The molecule has 3 nitrogen and oxygen atoms in total. The number of imidazole rings is 1. The molecular formula is C14H21N3. The van der Waals surface area contributed by atoms with Gasteiger partial charge in [-0.3, -0.25) is 0 Å². The standard InChI is InChI=1S/C14H21N3/c1-11(2)12-5-6-14-13(9-12)15-10-17(14)8-7-16(3)4/h5-6,9-11H,7-8H2,1-4H3. The van der Waals surface area contributed by atoms with Gasteiger partial charge in [-0.2, -0.15) is 0 Å². The van der Waals surface area contributed by atoms with Gasteiger partial charge >= 0.3 is 0 Å². The molecule has 0 N–H and O–H groups in total. The fraction of sp³-hybridized carbons (Fsp3) is 0.500. The second-order valence-electron chi connectivity index (χ2n) is 5.14. The van der Waals surface area contributed by atoms with Crippen molar-refractivity contribution >= 4 is 11.0 Å². The SMILES string of the molecule is CC(C)c1ccc2c(c1)ncn2CCN(C)C. The molecule has 0 atom stereocenters. The predicted octanol–water partition coefficient (Wildman–Crippen LogP) is 2.72. The summed E-state index contributed by atoms with van der Waals surface area (Å²) in [5.41, 5.74) is 3.70. The van der Waals surface area contributed by atoms with Crippen LogP contribution in [-0.4, -0.2) is 35.1 Å². The second kappa shape index (κ2) is 4.88. The highest BCUT2D eigenvalue weighted by Gasteiger charge is 2.05. The lowest BCUT2D eigenvalue weighted by Crippen LogP contribution is -2.17. The van der Waals surface area contributed by atoms with Crippen molar-refractivity contribution in [1.82, 2.24) is 14.5 Å². The molecule has 2 rings (SSSR count). The minimum atomic E-state index is 0.561. The zero-order chi connectivity index (χ0) is 12.4. The minimum absolute atomic E-state index is 0.561. The van der Waals surface area contributed by atoms with Crippen molar-refractivity contribution in [2.24, 2.45) is 0 Å². The second-order valence-corrected chi connectivity index (χ2v) is 5.14. The maximum atomic E-state index is 4.48. The zero-order valence-corrected chi connectivity index (χ0v) is 11.1. The quantitative estimate of drug-likeness (QED) is 0.806. The highest BCUT2D eigenvalue weighted by Crippen LogP contribution is 2.20. The van der Waals surface area contributed by atoms with E-state index in [0.717, 1.165) is 18.6 Å². The van der Waals surface area contributed by atoms with E-state index < -0.39 is 0 Å². The van der Waals surface area contributed by atoms with Gasteiger partial charge in [-0.05, 0) is 37.7 Å². The van der Waals surface area contributed by atoms with Gasteiger partial charge < -0.3 is 9.47 Å². The largest absolute Gasteiger partial charge is 0.329 e. The Bertz CT molecular complexity index is 497. The molecule has 0 saturated carbocycles. The molecule has 3 heteroatoms. The van der Waals surface area contributed by atoms with Crippen LogP contribution in [0.15, 0.2) is 24.5 Å². The van der Waals surface area contributed by atoms with E-state index in [2.05, 4.69) is 60.6 Å². The number of rotatable bonds is 4. The van der Waals surface area contributed by atoms with E-state index in [1.807, 2.05) is 6.33 Å². The van der Waals surface area contributed by atoms with Crippen LogP contribution in [0.25, 0.3) is 11.0 Å². The molecule has 2 aromatic rings. The molecule has 0 radical (unpaired) electrons. The number of hydrogen-bond acceptors (Lipinski definition) is 2. The molecule has 0 aliphatic rings. The zero-order valence-electron chi connectivity index (χ0n) is 11.1. The molecule has 1 aromatic carbocycles. The Kier molecular flexibility index (Phi) is 3.48. The van der Waals surface area contributed by atoms with E-state index in [0.29, 0.717) is 5.92 Å². The van der Waals surface area contributed by atoms with Crippen LogP contribution in [0, 0.1) is 0 Å². The van der Waals surface area contributed by atoms with Crippen LogP contribution < -0.4 is 0 Å². The first-order chi connectivity index (χ1) is 8.08. The number of fused-ring (bicyclic) bond motifs is 1. The Morgan fingerprint density at radius 1 is 1.29 bits per heavy atom. The van der Waals surface area contributed by atoms with Crippen molar-refractivity contribution in [1.29, 1.82) is 0 Å². The summed E-state index contributed by atoms with van der Waals surface area (Å²) in [5.74, 6) is 0.561. The Morgan fingerprint density at radius 3 is 2.71 bits per heavy atom. The molecule has 17 heavy (non-hydrogen) atoms. The number of benzene rings is 1. The molecule has 0 amide bonds. The molecule has 92 valence electrons. The summed E-state index contributed by atoms with van der Waals surface area (Å²) in [6.45, 7) is 6.45. The number of hydrogen-bond donors (Lipinski definition) is 0. The number of likely N-dealkylation sites (N-methyl/N-ethyl adjacent to an activating group) is 1. The van der Waals surface area contributed by atoms with Gasteiger partial charge in [-0.1, -0.05) is 19.9 Å². The van der Waals surface area contributed by atoms with Crippen molar-refractivity contribution < 1.29 is 0 Å². The molecule has 1 heterocycles. The topological polar surface area (TPSA) is 21.1 Å². The third-order valence-electron chi connectivity index (χ3n) is 3.10. The van der Waals surface area contributed by atoms with Crippen molar-refractivity contribution in [2.75, 3.05) is 20.6 Å². The first kappa shape index (κ1) is 12.1. The Morgan fingerprint density at radius 2 is 2.06 bits per heavy atom. The van der Waals surface area contributed by atoms with Gasteiger partial charge in [0.15, 0.2) is 0 Å². The molecule has 0 fully saturated rings. The monoisotopic (exact) mass is 231 g/mol. The highest BCUT2D eigenvalue weighted by molar-refractivity contribution is 5.76. The fourth-order valence-corrected chi connectivity index (χ4v) is 1.93. The summed E-state index contributed by atoms with van der Waals surface area (Å²) < 4.78 is 2.22. The fourth-order valence-electron chi connectivity index (χ4n) is 1.93. The van der Waals surface area contributed by atoms with Crippen LogP contribution in [0.4, 0.5) is 0 Å². The van der Waals surface area contributed by atoms with Crippen molar-refractivity contribution in [3.63, 3.8) is 0 Å². The van der Waals surface area contributed by atoms with Gasteiger partial charge in [0.05, 0.1) is 17.4 Å². The maximum Gasteiger partial charge on any atom is 0.0958 e. The molecule has 0 aliphatic heterocycles. The molecule has 0 spiro atoms. The average Bonchev–Trinajstić information content (AvgIpc) is 2.68. The highest BCUT2D eigenvalue weighted by atomic mass is 15.1.